The van der Waals surface area contributed by atoms with Gasteiger partial charge in [-0.2, -0.15) is 0 Å². The summed E-state index contributed by atoms with van der Waals surface area (Å²) < 4.78 is 4.93. The van der Waals surface area contributed by atoms with Crippen LogP contribution in [0.2, 0.25) is 0 Å². The SMILES string of the molecule is CCCCCCCCCCOC(=O)C[C@H](N)C(=O)O. The summed E-state index contributed by atoms with van der Waals surface area (Å²) in [6, 6.07) is -1.16. The first-order chi connectivity index (χ1) is 9.07. The topological polar surface area (TPSA) is 89.6 Å². The van der Waals surface area contributed by atoms with E-state index >= 15 is 0 Å². The zero-order valence-electron chi connectivity index (χ0n) is 11.9. The first kappa shape index (κ1) is 17.9. The molecule has 0 bridgehead atoms. The third kappa shape index (κ3) is 11.7. The van der Waals surface area contributed by atoms with E-state index in [0.717, 1.165) is 19.3 Å². The van der Waals surface area contributed by atoms with E-state index in [1.54, 1.807) is 0 Å². The number of hydrogen-bond acceptors (Lipinski definition) is 4. The van der Waals surface area contributed by atoms with Gasteiger partial charge in [0.25, 0.3) is 0 Å². The molecule has 19 heavy (non-hydrogen) atoms. The van der Waals surface area contributed by atoms with Gasteiger partial charge in [-0.05, 0) is 6.42 Å². The quantitative estimate of drug-likeness (QED) is 0.421. The minimum Gasteiger partial charge on any atom is -0.480 e. The molecule has 0 saturated carbocycles. The molecular weight excluding hydrogens is 246 g/mol. The molecule has 1 atom stereocenters. The lowest BCUT2D eigenvalue weighted by Crippen LogP contribution is -2.33. The van der Waals surface area contributed by atoms with Gasteiger partial charge in [-0.1, -0.05) is 51.9 Å². The van der Waals surface area contributed by atoms with E-state index in [1.165, 1.54) is 32.1 Å². The van der Waals surface area contributed by atoms with Gasteiger partial charge in [0.05, 0.1) is 13.0 Å². The Balaban J connectivity index is 3.30. The second-order valence-corrected chi connectivity index (χ2v) is 4.84. The highest BCUT2D eigenvalue weighted by atomic mass is 16.5. The number of hydrogen-bond donors (Lipinski definition) is 2. The van der Waals surface area contributed by atoms with Gasteiger partial charge in [0.15, 0.2) is 0 Å². The lowest BCUT2D eigenvalue weighted by Gasteiger charge is -2.07. The van der Waals surface area contributed by atoms with Crippen LogP contribution in [0.3, 0.4) is 0 Å². The monoisotopic (exact) mass is 273 g/mol. The summed E-state index contributed by atoms with van der Waals surface area (Å²) in [6.07, 6.45) is 9.17. The van der Waals surface area contributed by atoms with Crippen LogP contribution in [-0.2, 0) is 14.3 Å². The molecule has 3 N–H and O–H groups in total. The Morgan fingerprint density at radius 1 is 1.05 bits per heavy atom. The molecule has 112 valence electrons. The molecule has 0 amide bonds. The first-order valence-corrected chi connectivity index (χ1v) is 7.22. The summed E-state index contributed by atoms with van der Waals surface area (Å²) in [5.41, 5.74) is 5.23. The van der Waals surface area contributed by atoms with Crippen LogP contribution in [0.1, 0.15) is 64.7 Å². The fourth-order valence-electron chi connectivity index (χ4n) is 1.75. The van der Waals surface area contributed by atoms with Gasteiger partial charge < -0.3 is 15.6 Å². The highest BCUT2D eigenvalue weighted by Crippen LogP contribution is 2.08. The minimum atomic E-state index is -1.18. The molecule has 5 nitrogen and oxygen atoms in total. The fourth-order valence-corrected chi connectivity index (χ4v) is 1.75. The number of esters is 1. The Morgan fingerprint density at radius 3 is 2.11 bits per heavy atom. The molecule has 0 aromatic heterocycles. The summed E-state index contributed by atoms with van der Waals surface area (Å²) in [7, 11) is 0. The van der Waals surface area contributed by atoms with Gasteiger partial charge in [-0.15, -0.1) is 0 Å². The van der Waals surface area contributed by atoms with Gasteiger partial charge in [0.2, 0.25) is 0 Å². The van der Waals surface area contributed by atoms with Crippen molar-refractivity contribution in [1.29, 1.82) is 0 Å². The zero-order valence-corrected chi connectivity index (χ0v) is 11.9. The van der Waals surface area contributed by atoms with Crippen molar-refractivity contribution in [2.24, 2.45) is 5.73 Å². The van der Waals surface area contributed by atoms with Gasteiger partial charge in [0, 0.05) is 0 Å². The molecule has 0 aliphatic carbocycles. The lowest BCUT2D eigenvalue weighted by atomic mass is 10.1. The van der Waals surface area contributed by atoms with Crippen LogP contribution in [-0.4, -0.2) is 29.7 Å². The second-order valence-electron chi connectivity index (χ2n) is 4.84. The molecule has 0 aromatic rings. The molecular formula is C14H27NO4. The number of carboxylic acid groups (broad SMARTS) is 1. The van der Waals surface area contributed by atoms with Crippen LogP contribution in [0, 0.1) is 0 Å². The zero-order chi connectivity index (χ0) is 14.5. The Morgan fingerprint density at radius 2 is 1.58 bits per heavy atom. The van der Waals surface area contributed by atoms with Crippen LogP contribution in [0.25, 0.3) is 0 Å². The number of carboxylic acids is 1. The van der Waals surface area contributed by atoms with E-state index in [9.17, 15) is 9.59 Å². The van der Waals surface area contributed by atoms with E-state index in [1.807, 2.05) is 0 Å². The van der Waals surface area contributed by atoms with Crippen molar-refractivity contribution < 1.29 is 19.4 Å². The van der Waals surface area contributed by atoms with Crippen LogP contribution < -0.4 is 5.73 Å². The van der Waals surface area contributed by atoms with Gasteiger partial charge >= 0.3 is 11.9 Å². The molecule has 0 aliphatic heterocycles. The summed E-state index contributed by atoms with van der Waals surface area (Å²) in [5, 5.41) is 8.53. The number of aliphatic carboxylic acids is 1. The summed E-state index contributed by atoms with van der Waals surface area (Å²) in [6.45, 7) is 2.56. The summed E-state index contributed by atoms with van der Waals surface area (Å²) in [5.74, 6) is -1.71. The number of rotatable bonds is 12. The fraction of sp³-hybridized carbons (Fsp3) is 0.857. The normalized spacial score (nSPS) is 12.1. The molecule has 0 spiro atoms. The molecule has 0 unspecified atom stereocenters. The van der Waals surface area contributed by atoms with Crippen LogP contribution in [0.4, 0.5) is 0 Å². The maximum Gasteiger partial charge on any atom is 0.321 e. The van der Waals surface area contributed by atoms with Crippen LogP contribution in [0.5, 0.6) is 0 Å². The second kappa shape index (κ2) is 12.0. The number of carbonyl (C=O) groups excluding carboxylic acids is 1. The minimum absolute atomic E-state index is 0.258. The predicted octanol–water partition coefficient (Wildman–Crippen LogP) is 2.47. The van der Waals surface area contributed by atoms with E-state index < -0.39 is 18.0 Å². The van der Waals surface area contributed by atoms with Crippen molar-refractivity contribution in [3.05, 3.63) is 0 Å². The molecule has 0 rings (SSSR count). The lowest BCUT2D eigenvalue weighted by molar-refractivity contribution is -0.148. The smallest absolute Gasteiger partial charge is 0.321 e. The Kier molecular flexibility index (Phi) is 11.3. The van der Waals surface area contributed by atoms with Crippen molar-refractivity contribution in [2.45, 2.75) is 70.8 Å². The first-order valence-electron chi connectivity index (χ1n) is 7.22. The van der Waals surface area contributed by atoms with E-state index in [4.69, 9.17) is 15.6 Å². The van der Waals surface area contributed by atoms with Crippen molar-refractivity contribution >= 4 is 11.9 Å². The van der Waals surface area contributed by atoms with E-state index in [2.05, 4.69) is 6.92 Å². The van der Waals surface area contributed by atoms with Gasteiger partial charge in [-0.25, -0.2) is 0 Å². The maximum atomic E-state index is 11.2. The van der Waals surface area contributed by atoms with Crippen molar-refractivity contribution in [3.63, 3.8) is 0 Å². The highest BCUT2D eigenvalue weighted by Gasteiger charge is 2.16. The molecule has 0 radical (unpaired) electrons. The average Bonchev–Trinajstić information content (AvgIpc) is 2.36. The van der Waals surface area contributed by atoms with E-state index in [0.29, 0.717) is 6.61 Å². The standard InChI is InChI=1S/C14H27NO4/c1-2-3-4-5-6-7-8-9-10-19-13(16)11-12(15)14(17)18/h12H,2-11,15H2,1H3,(H,17,18)/t12-/m0/s1. The predicted molar refractivity (Wildman–Crippen MR) is 73.8 cm³/mol. The molecule has 0 aliphatic rings. The van der Waals surface area contributed by atoms with Gasteiger partial charge in [0.1, 0.15) is 6.04 Å². The van der Waals surface area contributed by atoms with Gasteiger partial charge in [-0.3, -0.25) is 9.59 Å². The largest absolute Gasteiger partial charge is 0.480 e. The van der Waals surface area contributed by atoms with Crippen molar-refractivity contribution in [1.82, 2.24) is 0 Å². The molecule has 0 saturated heterocycles. The van der Waals surface area contributed by atoms with Crippen LogP contribution in [0.15, 0.2) is 0 Å². The van der Waals surface area contributed by atoms with Crippen molar-refractivity contribution in [2.75, 3.05) is 6.61 Å². The Bertz CT molecular complexity index is 256. The Labute approximate surface area is 115 Å². The maximum absolute atomic E-state index is 11.2. The highest BCUT2D eigenvalue weighted by molar-refractivity contribution is 5.81. The van der Waals surface area contributed by atoms with Crippen molar-refractivity contribution in [3.8, 4) is 0 Å². The molecule has 5 heteroatoms. The third-order valence-electron chi connectivity index (χ3n) is 2.96. The van der Waals surface area contributed by atoms with Crippen LogP contribution >= 0.6 is 0 Å². The summed E-state index contributed by atoms with van der Waals surface area (Å²) in [4.78, 5) is 21.6. The molecule has 0 heterocycles. The number of nitrogens with two attached hydrogens (primary N) is 1. The van der Waals surface area contributed by atoms with E-state index in [-0.39, 0.29) is 6.42 Å². The average molecular weight is 273 g/mol. The third-order valence-corrected chi connectivity index (χ3v) is 2.96. The number of carbonyl (C=O) groups is 2. The number of unbranched alkanes of at least 4 members (excludes halogenated alkanes) is 7. The Hall–Kier alpha value is -1.10. The number of ether oxygens (including phenoxy) is 1. The summed E-state index contributed by atoms with van der Waals surface area (Å²) >= 11 is 0. The molecule has 0 fully saturated rings. The molecule has 0 aromatic carbocycles.